The smallest absolute Gasteiger partial charge is 0.304 e. The van der Waals surface area contributed by atoms with E-state index in [4.69, 9.17) is 9.47 Å². The van der Waals surface area contributed by atoms with E-state index in [9.17, 15) is 18.3 Å². The van der Waals surface area contributed by atoms with Crippen molar-refractivity contribution in [3.05, 3.63) is 0 Å². The number of hydrogen-bond acceptors (Lipinski definition) is 6. The summed E-state index contributed by atoms with van der Waals surface area (Å²) in [6.07, 6.45) is 2.99. The fourth-order valence-corrected chi connectivity index (χ4v) is 6.78. The monoisotopic (exact) mass is 434 g/mol. The lowest BCUT2D eigenvalue weighted by Crippen LogP contribution is -2.59. The molecule has 10 heteroatoms. The Morgan fingerprint density at radius 3 is 2.69 bits per heavy atom. The van der Waals surface area contributed by atoms with Crippen LogP contribution in [0.5, 0.6) is 0 Å². The number of rotatable bonds is 7. The maximum atomic E-state index is 15.5. The van der Waals surface area contributed by atoms with Gasteiger partial charge < -0.3 is 14.6 Å². The summed E-state index contributed by atoms with van der Waals surface area (Å²) in [7, 11) is -2.38. The van der Waals surface area contributed by atoms with Gasteiger partial charge in [-0.25, -0.2) is 9.11 Å². The van der Waals surface area contributed by atoms with Crippen molar-refractivity contribution in [2.45, 2.75) is 69.4 Å². The molecule has 3 saturated carbocycles. The number of nitrogens with zero attached hydrogens (tertiary/aromatic N) is 1. The minimum atomic E-state index is -4.09. The van der Waals surface area contributed by atoms with Crippen LogP contribution in [-0.4, -0.2) is 75.0 Å². The molecule has 0 aromatic heterocycles. The zero-order chi connectivity index (χ0) is 20.8. The molecule has 29 heavy (non-hydrogen) atoms. The van der Waals surface area contributed by atoms with Crippen LogP contribution in [0.1, 0.15) is 44.9 Å². The number of fused-ring (bicyclic) bond motifs is 1. The van der Waals surface area contributed by atoms with Gasteiger partial charge in [0.15, 0.2) is 0 Å². The standard InChI is InChI=1S/C19H31FN2O6S/c1-27-11-19(4-5-19)6-7-28-13-3-2-12-8-15(23)18(17(20)14(12)9-13)22-10-16(24)21-29(22,25)26/h12-15,17-18,23H,2-11H2,1H3,(H,21,24). The normalized spacial score (nSPS) is 41.0. The van der Waals surface area contributed by atoms with E-state index in [1.54, 1.807) is 7.11 Å². The summed E-state index contributed by atoms with van der Waals surface area (Å²) in [5.41, 5.74) is 0.248. The zero-order valence-electron chi connectivity index (χ0n) is 16.8. The molecule has 2 N–H and O–H groups in total. The summed E-state index contributed by atoms with van der Waals surface area (Å²) >= 11 is 0. The van der Waals surface area contributed by atoms with Crippen molar-refractivity contribution in [3.8, 4) is 0 Å². The van der Waals surface area contributed by atoms with Crippen molar-refractivity contribution in [1.82, 2.24) is 9.03 Å². The number of methoxy groups -OCH3 is 1. The lowest BCUT2D eigenvalue weighted by Gasteiger charge is -2.47. The number of alkyl halides is 1. The van der Waals surface area contributed by atoms with Gasteiger partial charge in [-0.05, 0) is 62.2 Å². The minimum Gasteiger partial charge on any atom is -0.391 e. The molecule has 1 aliphatic heterocycles. The Morgan fingerprint density at radius 1 is 1.31 bits per heavy atom. The summed E-state index contributed by atoms with van der Waals surface area (Å²) in [5.74, 6) is -1.06. The first-order valence-corrected chi connectivity index (χ1v) is 11.9. The number of aliphatic hydroxyl groups is 1. The van der Waals surface area contributed by atoms with E-state index in [2.05, 4.69) is 0 Å². The van der Waals surface area contributed by atoms with Gasteiger partial charge in [-0.3, -0.25) is 4.79 Å². The van der Waals surface area contributed by atoms with Crippen LogP contribution in [0.3, 0.4) is 0 Å². The van der Waals surface area contributed by atoms with Crippen LogP contribution in [0.2, 0.25) is 0 Å². The Morgan fingerprint density at radius 2 is 2.07 bits per heavy atom. The van der Waals surface area contributed by atoms with Gasteiger partial charge in [-0.2, -0.15) is 12.7 Å². The number of halogens is 1. The van der Waals surface area contributed by atoms with Crippen LogP contribution in [-0.2, 0) is 24.5 Å². The summed E-state index contributed by atoms with van der Waals surface area (Å²) in [4.78, 5) is 11.5. The first-order chi connectivity index (χ1) is 13.7. The predicted molar refractivity (Wildman–Crippen MR) is 102 cm³/mol. The van der Waals surface area contributed by atoms with Crippen LogP contribution >= 0.6 is 0 Å². The molecule has 0 radical (unpaired) electrons. The third kappa shape index (κ3) is 4.32. The van der Waals surface area contributed by atoms with Crippen LogP contribution in [0.4, 0.5) is 4.39 Å². The third-order valence-corrected chi connectivity index (χ3v) is 8.73. The molecular formula is C19H31FN2O6S. The van der Waals surface area contributed by atoms with E-state index in [0.717, 1.165) is 43.0 Å². The van der Waals surface area contributed by atoms with Crippen molar-refractivity contribution >= 4 is 16.1 Å². The number of ether oxygens (including phenoxy) is 2. The number of carbonyl (C=O) groups is 1. The highest BCUT2D eigenvalue weighted by Gasteiger charge is 2.54. The Hall–Kier alpha value is -0.810. The number of hydrogen-bond donors (Lipinski definition) is 2. The van der Waals surface area contributed by atoms with Gasteiger partial charge in [-0.1, -0.05) is 0 Å². The molecule has 8 nitrogen and oxygen atoms in total. The van der Waals surface area contributed by atoms with Gasteiger partial charge in [0.05, 0.1) is 31.4 Å². The van der Waals surface area contributed by atoms with Crippen molar-refractivity contribution in [3.63, 3.8) is 0 Å². The molecule has 4 rings (SSSR count). The second kappa shape index (κ2) is 8.03. The number of nitrogens with one attached hydrogen (secondary N) is 1. The summed E-state index contributed by atoms with van der Waals surface area (Å²) < 4.78 is 53.8. The van der Waals surface area contributed by atoms with Crippen LogP contribution in [0.15, 0.2) is 0 Å². The second-order valence-electron chi connectivity index (χ2n) is 9.23. The summed E-state index contributed by atoms with van der Waals surface area (Å²) in [5, 5.41) is 10.5. The maximum absolute atomic E-state index is 15.5. The van der Waals surface area contributed by atoms with E-state index in [1.807, 2.05) is 4.72 Å². The highest BCUT2D eigenvalue weighted by molar-refractivity contribution is 7.88. The van der Waals surface area contributed by atoms with Gasteiger partial charge in [-0.15, -0.1) is 0 Å². The average Bonchev–Trinajstić information content (AvgIpc) is 3.34. The Balaban J connectivity index is 1.37. The molecule has 4 fully saturated rings. The Labute approximate surface area is 171 Å². The SMILES string of the molecule is COCC1(CCOC2CCC3CC(O)C(N4CC(=O)NS4(=O)=O)C(F)C3C2)CC1. The van der Waals surface area contributed by atoms with Crippen molar-refractivity contribution < 1.29 is 32.2 Å². The fraction of sp³-hybridized carbons (Fsp3) is 0.947. The number of aliphatic hydroxyl groups excluding tert-OH is 1. The van der Waals surface area contributed by atoms with Crippen molar-refractivity contribution in [2.75, 3.05) is 26.9 Å². The van der Waals surface area contributed by atoms with Crippen LogP contribution < -0.4 is 4.72 Å². The van der Waals surface area contributed by atoms with E-state index in [-0.39, 0.29) is 23.4 Å². The molecule has 0 spiro atoms. The topological polar surface area (TPSA) is 105 Å². The molecule has 0 aromatic carbocycles. The average molecular weight is 435 g/mol. The molecule has 1 amide bonds. The minimum absolute atomic E-state index is 0.00772. The Bertz CT molecular complexity index is 730. The quantitative estimate of drug-likeness (QED) is 0.613. The second-order valence-corrected chi connectivity index (χ2v) is 10.8. The molecule has 1 saturated heterocycles. The third-order valence-electron chi connectivity index (χ3n) is 7.25. The fourth-order valence-electron chi connectivity index (χ4n) is 5.45. The molecule has 0 bridgehead atoms. The number of amides is 1. The maximum Gasteiger partial charge on any atom is 0.304 e. The van der Waals surface area contributed by atoms with Crippen LogP contribution in [0, 0.1) is 17.3 Å². The van der Waals surface area contributed by atoms with Gasteiger partial charge in [0.25, 0.3) is 0 Å². The van der Waals surface area contributed by atoms with E-state index in [1.165, 1.54) is 0 Å². The van der Waals surface area contributed by atoms with Crippen LogP contribution in [0.25, 0.3) is 0 Å². The van der Waals surface area contributed by atoms with Crippen molar-refractivity contribution in [1.29, 1.82) is 0 Å². The first-order valence-electron chi connectivity index (χ1n) is 10.5. The van der Waals surface area contributed by atoms with Gasteiger partial charge >= 0.3 is 10.2 Å². The van der Waals surface area contributed by atoms with E-state index >= 15 is 4.39 Å². The molecular weight excluding hydrogens is 403 g/mol. The molecule has 6 unspecified atom stereocenters. The molecule has 6 atom stereocenters. The van der Waals surface area contributed by atoms with E-state index < -0.39 is 41.0 Å². The largest absolute Gasteiger partial charge is 0.391 e. The first kappa shape index (κ1) is 21.4. The Kier molecular flexibility index (Phi) is 5.93. The highest BCUT2D eigenvalue weighted by atomic mass is 32.2. The molecule has 166 valence electrons. The van der Waals surface area contributed by atoms with Gasteiger partial charge in [0, 0.05) is 13.7 Å². The predicted octanol–water partition coefficient (Wildman–Crippen LogP) is 0.753. The number of carbonyl (C=O) groups excluding carboxylic acids is 1. The van der Waals surface area contributed by atoms with E-state index in [0.29, 0.717) is 19.4 Å². The molecule has 0 aromatic rings. The summed E-state index contributed by atoms with van der Waals surface area (Å²) in [6.45, 7) is 0.922. The molecule has 4 aliphatic rings. The highest BCUT2D eigenvalue weighted by Crippen LogP contribution is 2.49. The molecule has 1 heterocycles. The summed E-state index contributed by atoms with van der Waals surface area (Å²) in [6, 6.07) is -1.23. The van der Waals surface area contributed by atoms with Crippen molar-refractivity contribution in [2.24, 2.45) is 17.3 Å². The molecule has 3 aliphatic carbocycles. The lowest BCUT2D eigenvalue weighted by atomic mass is 9.66. The van der Waals surface area contributed by atoms with Gasteiger partial charge in [0.2, 0.25) is 5.91 Å². The van der Waals surface area contributed by atoms with Gasteiger partial charge in [0.1, 0.15) is 6.17 Å². The lowest BCUT2D eigenvalue weighted by molar-refractivity contribution is -0.120. The zero-order valence-corrected chi connectivity index (χ0v) is 17.6.